The third kappa shape index (κ3) is 11.5. The number of nitrogens with one attached hydrogen (secondary N) is 2. The molecule has 28 heteroatoms. The highest BCUT2D eigenvalue weighted by atomic mass is 16.8. The van der Waals surface area contributed by atoms with Crippen molar-refractivity contribution < 1.29 is 119 Å². The van der Waals surface area contributed by atoms with E-state index in [2.05, 4.69) is 10.6 Å². The molecule has 0 bridgehead atoms. The maximum atomic E-state index is 13.3. The minimum absolute atomic E-state index is 0.0377. The molecule has 62 heavy (non-hydrogen) atoms. The third-order valence-electron chi connectivity index (χ3n) is 10.8. The van der Waals surface area contributed by atoms with Crippen molar-refractivity contribution in [2.75, 3.05) is 46.6 Å². The smallest absolute Gasteiger partial charge is 0.364 e. The number of carbonyl (C=O) groups excluding carboxylic acids is 2. The first kappa shape index (κ1) is 52.2. The lowest BCUT2D eigenvalue weighted by atomic mass is 9.88. The van der Waals surface area contributed by atoms with Crippen molar-refractivity contribution in [2.45, 2.75) is 149 Å². The van der Waals surface area contributed by atoms with Gasteiger partial charge in [0.25, 0.3) is 5.79 Å². The second kappa shape index (κ2) is 22.6. The number of rotatable bonds is 19. The largest absolute Gasteiger partial charge is 0.477 e. The van der Waals surface area contributed by atoms with Crippen LogP contribution in [0.25, 0.3) is 0 Å². The van der Waals surface area contributed by atoms with E-state index in [4.69, 9.17) is 43.7 Å². The number of carboxylic acid groups (broad SMARTS) is 1. The topological polar surface area (TPSA) is 441 Å². The molecule has 4 rings (SSSR count). The molecule has 0 saturated carbocycles. The van der Waals surface area contributed by atoms with Crippen molar-refractivity contribution in [3.8, 4) is 0 Å². The van der Waals surface area contributed by atoms with Crippen LogP contribution in [0.3, 0.4) is 0 Å². The predicted molar refractivity (Wildman–Crippen MR) is 195 cm³/mol. The molecule has 2 amide bonds. The van der Waals surface area contributed by atoms with Crippen LogP contribution in [0.2, 0.25) is 0 Å². The number of nitrogens with zero attached hydrogens (tertiary/aromatic N) is 1. The number of aliphatic hydroxyl groups is 12. The molecule has 360 valence electrons. The summed E-state index contributed by atoms with van der Waals surface area (Å²) in [6, 6.07) is -3.35. The molecule has 0 aliphatic carbocycles. The van der Waals surface area contributed by atoms with Crippen molar-refractivity contribution in [2.24, 2.45) is 5.73 Å². The number of hydrogen-bond donors (Lipinski definition) is 16. The monoisotopic (exact) mass is 908 g/mol. The minimum Gasteiger partial charge on any atom is -0.477 e. The van der Waals surface area contributed by atoms with Crippen LogP contribution in [0, 0.1) is 0 Å². The molecule has 0 aromatic carbocycles. The van der Waals surface area contributed by atoms with E-state index in [1.54, 1.807) is 0 Å². The van der Waals surface area contributed by atoms with Gasteiger partial charge in [-0.1, -0.05) is 0 Å². The Bertz CT molecular complexity index is 1460. The average molecular weight is 909 g/mol. The van der Waals surface area contributed by atoms with E-state index in [0.717, 1.165) is 18.9 Å². The van der Waals surface area contributed by atoms with Gasteiger partial charge in [-0.3, -0.25) is 14.4 Å². The van der Waals surface area contributed by atoms with E-state index < -0.39 is 179 Å². The van der Waals surface area contributed by atoms with Gasteiger partial charge in [0.1, 0.15) is 91.5 Å². The number of hydrogen-bond acceptors (Lipinski definition) is 25. The zero-order chi connectivity index (χ0) is 46.4. The standard InChI is InChI=1S/C34H60N4O24/c1-11(43)36-18-13(45)6-34(33(53)54,61-28(18)20(47)14(46)7-39)62-29-25(52)32(59-26-16(9-41)56-30(24(51)23(26)50)38(3)55-5-4-35)58-17(10-42)27(29)60-31-19(37-12(2)44)22(49)21(48)15(8-40)57-31/h13-32,39-42,45-52H,4-10,35H2,1-3H3,(H,36,43)(H,37,44)(H,53,54)/t13?,14-,15?,16?,17?,18-,19?,20-,21+,22?,23?,24?,25?,26-,27+,28?,29?,30-,31+,32+,34+/m1/s1. The van der Waals surface area contributed by atoms with E-state index in [0.29, 0.717) is 0 Å². The Morgan fingerprint density at radius 2 is 1.32 bits per heavy atom. The quantitative estimate of drug-likeness (QED) is 0.0535. The van der Waals surface area contributed by atoms with Crippen LogP contribution in [0.1, 0.15) is 20.3 Å². The van der Waals surface area contributed by atoms with Crippen molar-refractivity contribution >= 4 is 17.8 Å². The van der Waals surface area contributed by atoms with Gasteiger partial charge in [-0.2, -0.15) is 5.06 Å². The molecule has 0 aromatic heterocycles. The molecule has 17 N–H and O–H groups in total. The molecule has 21 atom stereocenters. The second-order valence-corrected chi connectivity index (χ2v) is 15.2. The number of ether oxygens (including phenoxy) is 7. The van der Waals surface area contributed by atoms with Gasteiger partial charge in [0.15, 0.2) is 18.8 Å². The summed E-state index contributed by atoms with van der Waals surface area (Å²) in [5.74, 6) is -6.91. The molecule has 4 heterocycles. The van der Waals surface area contributed by atoms with Gasteiger partial charge in [-0.15, -0.1) is 0 Å². The molecule has 4 aliphatic heterocycles. The van der Waals surface area contributed by atoms with Gasteiger partial charge < -0.3 is 116 Å². The van der Waals surface area contributed by atoms with Crippen LogP contribution in [0.4, 0.5) is 0 Å². The van der Waals surface area contributed by atoms with E-state index in [-0.39, 0.29) is 13.2 Å². The Balaban J connectivity index is 1.81. The van der Waals surface area contributed by atoms with Crippen LogP contribution >= 0.6 is 0 Å². The zero-order valence-corrected chi connectivity index (χ0v) is 33.8. The Hall–Kier alpha value is -2.47. The first-order valence-electron chi connectivity index (χ1n) is 19.5. The van der Waals surface area contributed by atoms with Crippen molar-refractivity contribution in [1.82, 2.24) is 15.7 Å². The van der Waals surface area contributed by atoms with Crippen molar-refractivity contribution in [3.63, 3.8) is 0 Å². The number of nitrogens with two attached hydrogens (primary N) is 1. The highest BCUT2D eigenvalue weighted by Gasteiger charge is 2.61. The van der Waals surface area contributed by atoms with Crippen LogP contribution in [0.15, 0.2) is 0 Å². The number of amides is 2. The van der Waals surface area contributed by atoms with Gasteiger partial charge >= 0.3 is 5.97 Å². The van der Waals surface area contributed by atoms with Gasteiger partial charge in [0.05, 0.1) is 45.2 Å². The molecular weight excluding hydrogens is 848 g/mol. The number of aliphatic carboxylic acids is 1. The van der Waals surface area contributed by atoms with Gasteiger partial charge in [0, 0.05) is 33.9 Å². The number of carbonyl (C=O) groups is 3. The average Bonchev–Trinajstić information content (AvgIpc) is 3.23. The van der Waals surface area contributed by atoms with E-state index in [9.17, 15) is 80.8 Å². The highest BCUT2D eigenvalue weighted by Crippen LogP contribution is 2.40. The first-order chi connectivity index (χ1) is 29.2. The SMILES string of the molecule is CC(=O)NC1C(O)[C@@H](O)C(CO)O[C@H]1O[C@H]1C(CO)O[C@@H](O[C@@H]2C(CO)O[C@@H](N(C)OCCN)C(O)C2O)C(O)C1O[C@]1(C(=O)O)CC(O)[C@@H](NC(C)=O)C([C@H](O)[C@H](O)CO)O1. The lowest BCUT2D eigenvalue weighted by molar-refractivity contribution is -0.401. The Kier molecular flexibility index (Phi) is 19.0. The summed E-state index contributed by atoms with van der Waals surface area (Å²) in [5, 5.41) is 145. The highest BCUT2D eigenvalue weighted by molar-refractivity contribution is 5.76. The lowest BCUT2D eigenvalue weighted by Crippen LogP contribution is -2.72. The normalized spacial score (nSPS) is 42.5. The summed E-state index contributed by atoms with van der Waals surface area (Å²) < 4.78 is 40.9. The van der Waals surface area contributed by atoms with Crippen LogP contribution < -0.4 is 16.4 Å². The summed E-state index contributed by atoms with van der Waals surface area (Å²) >= 11 is 0. The fourth-order valence-electron chi connectivity index (χ4n) is 7.62. The molecule has 4 fully saturated rings. The van der Waals surface area contributed by atoms with E-state index >= 15 is 0 Å². The molecule has 28 nitrogen and oxygen atoms in total. The van der Waals surface area contributed by atoms with Crippen LogP contribution in [0.5, 0.6) is 0 Å². The summed E-state index contributed by atoms with van der Waals surface area (Å²) in [6.45, 7) is -2.03. The predicted octanol–water partition coefficient (Wildman–Crippen LogP) is -10.4. The summed E-state index contributed by atoms with van der Waals surface area (Å²) in [7, 11) is 1.33. The lowest BCUT2D eigenvalue weighted by Gasteiger charge is -2.52. The number of carboxylic acids is 1. The molecule has 11 unspecified atom stereocenters. The molecule has 0 radical (unpaired) electrons. The van der Waals surface area contributed by atoms with Gasteiger partial charge in [-0.05, 0) is 0 Å². The fraction of sp³-hybridized carbons (Fsp3) is 0.912. The minimum atomic E-state index is -3.23. The molecule has 0 aromatic rings. The number of likely N-dealkylation sites (N-methyl/N-ethyl adjacent to an activating group) is 1. The van der Waals surface area contributed by atoms with Gasteiger partial charge in [0.2, 0.25) is 11.8 Å². The maximum absolute atomic E-state index is 13.3. The number of hydroxylamine groups is 2. The summed E-state index contributed by atoms with van der Waals surface area (Å²) in [6.07, 6.45) is -36.1. The Morgan fingerprint density at radius 3 is 1.87 bits per heavy atom. The van der Waals surface area contributed by atoms with Crippen molar-refractivity contribution in [1.29, 1.82) is 0 Å². The molecular formula is C34H60N4O24. The Labute approximate surface area is 353 Å². The van der Waals surface area contributed by atoms with Crippen LogP contribution in [-0.4, -0.2) is 264 Å². The van der Waals surface area contributed by atoms with E-state index in [1.165, 1.54) is 7.05 Å². The fourth-order valence-corrected chi connectivity index (χ4v) is 7.62. The van der Waals surface area contributed by atoms with Crippen LogP contribution in [-0.2, 0) is 52.4 Å². The Morgan fingerprint density at radius 1 is 0.758 bits per heavy atom. The molecule has 0 spiro atoms. The third-order valence-corrected chi connectivity index (χ3v) is 10.8. The maximum Gasteiger partial charge on any atom is 0.364 e. The van der Waals surface area contributed by atoms with Gasteiger partial charge in [-0.25, -0.2) is 4.79 Å². The van der Waals surface area contributed by atoms with Crippen molar-refractivity contribution in [3.05, 3.63) is 0 Å². The van der Waals surface area contributed by atoms with E-state index in [1.807, 2.05) is 0 Å². The molecule has 4 aliphatic rings. The molecule has 4 saturated heterocycles. The summed E-state index contributed by atoms with van der Waals surface area (Å²) in [4.78, 5) is 42.9. The second-order valence-electron chi connectivity index (χ2n) is 15.2. The zero-order valence-electron chi connectivity index (χ0n) is 33.8. The first-order valence-corrected chi connectivity index (χ1v) is 19.5. The number of aliphatic hydroxyl groups excluding tert-OH is 12. The summed E-state index contributed by atoms with van der Waals surface area (Å²) in [5.41, 5.74) is 5.47.